The third kappa shape index (κ3) is 5.50. The van der Waals surface area contributed by atoms with E-state index in [1.54, 1.807) is 0 Å². The highest BCUT2D eigenvalue weighted by Gasteiger charge is 1.93. The highest BCUT2D eigenvalue weighted by molar-refractivity contribution is 5.23. The molecular formula is C7H16N2. The van der Waals surface area contributed by atoms with Gasteiger partial charge in [-0.1, -0.05) is 6.92 Å². The van der Waals surface area contributed by atoms with Gasteiger partial charge in [-0.25, -0.2) is 0 Å². The van der Waals surface area contributed by atoms with Crippen LogP contribution in [0.25, 0.3) is 0 Å². The van der Waals surface area contributed by atoms with E-state index in [1.807, 2.05) is 0 Å². The smallest absolute Gasteiger partial charge is 0.0507 e. The summed E-state index contributed by atoms with van der Waals surface area (Å²) in [5.41, 5.74) is 0. The van der Waals surface area contributed by atoms with E-state index in [-0.39, 0.29) is 0 Å². The summed E-state index contributed by atoms with van der Waals surface area (Å²) in [7, 11) is 0. The molecule has 0 fully saturated rings. The predicted molar refractivity (Wildman–Crippen MR) is 42.2 cm³/mol. The number of hydrogen-bond acceptors (Lipinski definition) is 2. The van der Waals surface area contributed by atoms with Gasteiger partial charge in [0.25, 0.3) is 0 Å². The zero-order valence-electron chi connectivity index (χ0n) is 6.35. The van der Waals surface area contributed by atoms with E-state index >= 15 is 0 Å². The summed E-state index contributed by atoms with van der Waals surface area (Å²) >= 11 is 0. The van der Waals surface area contributed by atoms with Crippen LogP contribution in [0.1, 0.15) is 20.3 Å². The number of hydrogen-bond donors (Lipinski definition) is 1. The molecule has 0 aromatic heterocycles. The van der Waals surface area contributed by atoms with Gasteiger partial charge < -0.3 is 5.32 Å². The number of aliphatic imine (C=N–C) groups is 1. The summed E-state index contributed by atoms with van der Waals surface area (Å²) in [6.45, 7) is 9.51. The maximum atomic E-state index is 3.73. The molecule has 0 saturated heterocycles. The van der Waals surface area contributed by atoms with Gasteiger partial charge in [0.15, 0.2) is 0 Å². The summed E-state index contributed by atoms with van der Waals surface area (Å²) in [6, 6.07) is 0.617. The minimum absolute atomic E-state index is 0.617. The van der Waals surface area contributed by atoms with Crippen LogP contribution in [0, 0.1) is 0 Å². The molecular weight excluding hydrogens is 112 g/mol. The van der Waals surface area contributed by atoms with Gasteiger partial charge in [0.1, 0.15) is 0 Å². The normalized spacial score (nSPS) is 13.1. The number of nitrogens with one attached hydrogen (secondary N) is 1. The molecule has 2 nitrogen and oxygen atoms in total. The van der Waals surface area contributed by atoms with Crippen LogP contribution in [0.4, 0.5) is 0 Å². The average molecular weight is 128 g/mol. The summed E-state index contributed by atoms with van der Waals surface area (Å²) in [6.07, 6.45) is 1.18. The third-order valence-electron chi connectivity index (χ3n) is 1.38. The lowest BCUT2D eigenvalue weighted by Crippen LogP contribution is -2.27. The van der Waals surface area contributed by atoms with Gasteiger partial charge in [-0.05, 0) is 20.1 Å². The Kier molecular flexibility index (Phi) is 5.52. The summed E-state index contributed by atoms with van der Waals surface area (Å²) in [5, 5.41) is 3.30. The molecule has 0 amide bonds. The Balaban J connectivity index is 2.96. The van der Waals surface area contributed by atoms with Crippen LogP contribution < -0.4 is 5.32 Å². The van der Waals surface area contributed by atoms with Crippen molar-refractivity contribution >= 4 is 6.72 Å². The first-order valence-electron chi connectivity index (χ1n) is 3.47. The fourth-order valence-electron chi connectivity index (χ4n) is 0.534. The van der Waals surface area contributed by atoms with E-state index in [4.69, 9.17) is 0 Å². The van der Waals surface area contributed by atoms with Gasteiger partial charge in [-0.3, -0.25) is 4.99 Å². The van der Waals surface area contributed by atoms with Crippen molar-refractivity contribution < 1.29 is 0 Å². The fraction of sp³-hybridized carbons (Fsp3) is 0.857. The Morgan fingerprint density at radius 2 is 2.33 bits per heavy atom. The molecule has 54 valence electrons. The second-order valence-electron chi connectivity index (χ2n) is 2.21. The first-order chi connectivity index (χ1) is 4.31. The van der Waals surface area contributed by atoms with Gasteiger partial charge in [-0.15, -0.1) is 0 Å². The van der Waals surface area contributed by atoms with Gasteiger partial charge in [0, 0.05) is 12.6 Å². The van der Waals surface area contributed by atoms with E-state index in [0.29, 0.717) is 6.04 Å². The van der Waals surface area contributed by atoms with Crippen molar-refractivity contribution in [2.75, 3.05) is 13.1 Å². The van der Waals surface area contributed by atoms with E-state index in [1.165, 1.54) is 6.42 Å². The second-order valence-corrected chi connectivity index (χ2v) is 2.21. The van der Waals surface area contributed by atoms with E-state index < -0.39 is 0 Å². The Morgan fingerprint density at radius 3 is 2.78 bits per heavy atom. The van der Waals surface area contributed by atoms with Crippen molar-refractivity contribution in [3.63, 3.8) is 0 Å². The Labute approximate surface area is 57.4 Å². The van der Waals surface area contributed by atoms with Crippen LogP contribution in [-0.2, 0) is 0 Å². The molecule has 0 aliphatic carbocycles. The standard InChI is InChI=1S/C7H16N2/c1-4-7(2)9-6-5-8-3/h7,9H,3-6H2,1-2H3. The van der Waals surface area contributed by atoms with E-state index in [0.717, 1.165) is 13.1 Å². The average Bonchev–Trinajstić information content (AvgIpc) is 1.89. The molecule has 0 aromatic carbocycles. The van der Waals surface area contributed by atoms with Gasteiger partial charge >= 0.3 is 0 Å². The van der Waals surface area contributed by atoms with Crippen LogP contribution in [0.15, 0.2) is 4.99 Å². The number of rotatable bonds is 5. The predicted octanol–water partition coefficient (Wildman–Crippen LogP) is 1.08. The van der Waals surface area contributed by atoms with Crippen molar-refractivity contribution in [2.24, 2.45) is 4.99 Å². The van der Waals surface area contributed by atoms with Gasteiger partial charge in [-0.2, -0.15) is 0 Å². The Morgan fingerprint density at radius 1 is 1.67 bits per heavy atom. The Hall–Kier alpha value is -0.370. The van der Waals surface area contributed by atoms with Crippen molar-refractivity contribution in [3.8, 4) is 0 Å². The topological polar surface area (TPSA) is 24.4 Å². The summed E-state index contributed by atoms with van der Waals surface area (Å²) in [4.78, 5) is 3.73. The van der Waals surface area contributed by atoms with E-state index in [9.17, 15) is 0 Å². The van der Waals surface area contributed by atoms with Crippen LogP contribution >= 0.6 is 0 Å². The first kappa shape index (κ1) is 8.63. The monoisotopic (exact) mass is 128 g/mol. The molecule has 0 aliphatic rings. The highest BCUT2D eigenvalue weighted by Crippen LogP contribution is 1.85. The van der Waals surface area contributed by atoms with E-state index in [2.05, 4.69) is 30.9 Å². The summed E-state index contributed by atoms with van der Waals surface area (Å²) < 4.78 is 0. The third-order valence-corrected chi connectivity index (χ3v) is 1.38. The van der Waals surface area contributed by atoms with Crippen molar-refractivity contribution in [1.82, 2.24) is 5.32 Å². The molecule has 1 unspecified atom stereocenters. The zero-order valence-corrected chi connectivity index (χ0v) is 6.35. The zero-order chi connectivity index (χ0) is 7.11. The maximum absolute atomic E-state index is 3.73. The molecule has 0 heterocycles. The molecule has 1 atom stereocenters. The van der Waals surface area contributed by atoms with Crippen LogP contribution in [-0.4, -0.2) is 25.8 Å². The molecule has 0 aromatic rings. The van der Waals surface area contributed by atoms with Crippen molar-refractivity contribution in [1.29, 1.82) is 0 Å². The molecule has 2 heteroatoms. The van der Waals surface area contributed by atoms with Crippen LogP contribution in [0.2, 0.25) is 0 Å². The fourth-order valence-corrected chi connectivity index (χ4v) is 0.534. The molecule has 9 heavy (non-hydrogen) atoms. The molecule has 1 N–H and O–H groups in total. The minimum Gasteiger partial charge on any atom is -0.312 e. The maximum Gasteiger partial charge on any atom is 0.0507 e. The minimum atomic E-state index is 0.617. The molecule has 0 aliphatic heterocycles. The lowest BCUT2D eigenvalue weighted by Gasteiger charge is -2.08. The lowest BCUT2D eigenvalue weighted by atomic mass is 10.3. The lowest BCUT2D eigenvalue weighted by molar-refractivity contribution is 0.542. The largest absolute Gasteiger partial charge is 0.312 e. The molecule has 0 spiro atoms. The number of nitrogens with zero attached hydrogens (tertiary/aromatic N) is 1. The molecule has 0 bridgehead atoms. The molecule has 0 radical (unpaired) electrons. The highest BCUT2D eigenvalue weighted by atomic mass is 14.9. The summed E-state index contributed by atoms with van der Waals surface area (Å²) in [5.74, 6) is 0. The van der Waals surface area contributed by atoms with Crippen molar-refractivity contribution in [3.05, 3.63) is 0 Å². The Bertz CT molecular complexity index is 71.3. The van der Waals surface area contributed by atoms with Crippen LogP contribution in [0.5, 0.6) is 0 Å². The molecule has 0 saturated carbocycles. The van der Waals surface area contributed by atoms with Gasteiger partial charge in [0.2, 0.25) is 0 Å². The second kappa shape index (κ2) is 5.76. The quantitative estimate of drug-likeness (QED) is 0.435. The van der Waals surface area contributed by atoms with Crippen molar-refractivity contribution in [2.45, 2.75) is 26.3 Å². The molecule has 0 rings (SSSR count). The van der Waals surface area contributed by atoms with Gasteiger partial charge in [0.05, 0.1) is 6.54 Å². The SMILES string of the molecule is C=NCCNC(C)CC. The first-order valence-corrected chi connectivity index (χ1v) is 3.47. The van der Waals surface area contributed by atoms with Crippen LogP contribution in [0.3, 0.4) is 0 Å².